The number of aromatic hydroxyl groups is 1. The average molecular weight is 377 g/mol. The van der Waals surface area contributed by atoms with Gasteiger partial charge in [-0.1, -0.05) is 19.1 Å². The van der Waals surface area contributed by atoms with E-state index in [1.807, 2.05) is 12.1 Å². The van der Waals surface area contributed by atoms with Crippen LogP contribution in [0.15, 0.2) is 46.0 Å². The summed E-state index contributed by atoms with van der Waals surface area (Å²) in [7, 11) is 1.47. The molecule has 2 aromatic carbocycles. The molecule has 2 aromatic rings. The van der Waals surface area contributed by atoms with E-state index >= 15 is 0 Å². The standard InChI is InChI=1S/C17H17BrN2O3/c1-3-11-4-6-12(7-5-11)17(22)20-19-10-13-8-15(21)16(23-2)9-14(13)18/h4-10,21H,3H2,1-2H3,(H,20,22)/b19-10-. The van der Waals surface area contributed by atoms with Crippen molar-refractivity contribution in [2.75, 3.05) is 7.11 Å². The second-order valence-corrected chi connectivity index (χ2v) is 5.65. The maximum Gasteiger partial charge on any atom is 0.271 e. The Morgan fingerprint density at radius 1 is 1.35 bits per heavy atom. The Hall–Kier alpha value is -2.34. The summed E-state index contributed by atoms with van der Waals surface area (Å²) in [4.78, 5) is 12.0. The largest absolute Gasteiger partial charge is 0.504 e. The number of aryl methyl sites for hydroxylation is 1. The van der Waals surface area contributed by atoms with Gasteiger partial charge in [0.2, 0.25) is 0 Å². The van der Waals surface area contributed by atoms with E-state index in [9.17, 15) is 9.90 Å². The predicted molar refractivity (Wildman–Crippen MR) is 93.2 cm³/mol. The molecule has 0 aliphatic heterocycles. The predicted octanol–water partition coefficient (Wildman–Crippen LogP) is 3.49. The number of nitrogens with zero attached hydrogens (tertiary/aromatic N) is 1. The highest BCUT2D eigenvalue weighted by atomic mass is 79.9. The van der Waals surface area contributed by atoms with Crippen LogP contribution in [-0.2, 0) is 6.42 Å². The summed E-state index contributed by atoms with van der Waals surface area (Å²) in [6.45, 7) is 2.06. The summed E-state index contributed by atoms with van der Waals surface area (Å²) in [5, 5.41) is 13.7. The van der Waals surface area contributed by atoms with Gasteiger partial charge in [-0.25, -0.2) is 5.43 Å². The number of rotatable bonds is 5. The van der Waals surface area contributed by atoms with Gasteiger partial charge >= 0.3 is 0 Å². The number of phenols is 1. The number of hydrogen-bond donors (Lipinski definition) is 2. The monoisotopic (exact) mass is 376 g/mol. The van der Waals surface area contributed by atoms with Crippen molar-refractivity contribution in [3.63, 3.8) is 0 Å². The van der Waals surface area contributed by atoms with E-state index in [0.29, 0.717) is 21.3 Å². The van der Waals surface area contributed by atoms with Gasteiger partial charge in [-0.15, -0.1) is 0 Å². The van der Waals surface area contributed by atoms with Crippen LogP contribution in [0.3, 0.4) is 0 Å². The van der Waals surface area contributed by atoms with Crippen LogP contribution in [0.1, 0.15) is 28.4 Å². The Morgan fingerprint density at radius 2 is 2.04 bits per heavy atom. The van der Waals surface area contributed by atoms with Crippen LogP contribution in [0.4, 0.5) is 0 Å². The van der Waals surface area contributed by atoms with Crippen LogP contribution in [0.2, 0.25) is 0 Å². The van der Waals surface area contributed by atoms with Crippen molar-refractivity contribution in [1.82, 2.24) is 5.43 Å². The van der Waals surface area contributed by atoms with Gasteiger partial charge in [0.15, 0.2) is 11.5 Å². The molecule has 0 atom stereocenters. The molecule has 0 aliphatic carbocycles. The summed E-state index contributed by atoms with van der Waals surface area (Å²) in [6, 6.07) is 10.5. The molecule has 2 N–H and O–H groups in total. The summed E-state index contributed by atoms with van der Waals surface area (Å²) < 4.78 is 5.70. The van der Waals surface area contributed by atoms with Crippen LogP contribution in [-0.4, -0.2) is 24.3 Å². The lowest BCUT2D eigenvalue weighted by Gasteiger charge is -2.06. The van der Waals surface area contributed by atoms with Crippen molar-refractivity contribution < 1.29 is 14.6 Å². The SMILES string of the molecule is CCc1ccc(C(=O)N/N=C\c2cc(O)c(OC)cc2Br)cc1. The summed E-state index contributed by atoms with van der Waals surface area (Å²) in [6.07, 6.45) is 2.37. The van der Waals surface area contributed by atoms with Gasteiger partial charge in [-0.05, 0) is 52.2 Å². The lowest BCUT2D eigenvalue weighted by atomic mass is 10.1. The first kappa shape index (κ1) is 17.0. The van der Waals surface area contributed by atoms with E-state index in [1.165, 1.54) is 25.0 Å². The Balaban J connectivity index is 2.06. The first-order valence-electron chi connectivity index (χ1n) is 7.04. The number of hydrazone groups is 1. The fourth-order valence-corrected chi connectivity index (χ4v) is 2.36. The molecule has 0 saturated heterocycles. The van der Waals surface area contributed by atoms with E-state index < -0.39 is 0 Å². The lowest BCUT2D eigenvalue weighted by molar-refractivity contribution is 0.0955. The van der Waals surface area contributed by atoms with Crippen LogP contribution in [0, 0.1) is 0 Å². The summed E-state index contributed by atoms with van der Waals surface area (Å²) >= 11 is 3.36. The van der Waals surface area contributed by atoms with Gasteiger partial charge in [0, 0.05) is 15.6 Å². The van der Waals surface area contributed by atoms with E-state index in [-0.39, 0.29) is 11.7 Å². The maximum absolute atomic E-state index is 12.0. The van der Waals surface area contributed by atoms with Crippen LogP contribution in [0.5, 0.6) is 11.5 Å². The third-order valence-corrected chi connectivity index (χ3v) is 3.98. The Kier molecular flexibility index (Phi) is 5.76. The highest BCUT2D eigenvalue weighted by Crippen LogP contribution is 2.31. The van der Waals surface area contributed by atoms with Crippen molar-refractivity contribution in [3.05, 3.63) is 57.6 Å². The van der Waals surface area contributed by atoms with E-state index in [4.69, 9.17) is 4.74 Å². The third kappa shape index (κ3) is 4.32. The van der Waals surface area contributed by atoms with E-state index in [2.05, 4.69) is 33.4 Å². The molecular weight excluding hydrogens is 360 g/mol. The van der Waals surface area contributed by atoms with Gasteiger partial charge in [-0.3, -0.25) is 4.79 Å². The number of phenolic OH excluding ortho intramolecular Hbond substituents is 1. The number of nitrogens with one attached hydrogen (secondary N) is 1. The molecule has 2 rings (SSSR count). The molecule has 0 fully saturated rings. The van der Waals surface area contributed by atoms with Crippen LogP contribution >= 0.6 is 15.9 Å². The van der Waals surface area contributed by atoms with Gasteiger partial charge in [-0.2, -0.15) is 5.10 Å². The Bertz CT molecular complexity index is 727. The average Bonchev–Trinajstić information content (AvgIpc) is 2.57. The molecule has 0 aliphatic rings. The Morgan fingerprint density at radius 3 is 2.65 bits per heavy atom. The first-order chi connectivity index (χ1) is 11.0. The van der Waals surface area contributed by atoms with Crippen molar-refractivity contribution in [3.8, 4) is 11.5 Å². The molecule has 0 bridgehead atoms. The van der Waals surface area contributed by atoms with Gasteiger partial charge in [0.25, 0.3) is 5.91 Å². The van der Waals surface area contributed by atoms with E-state index in [0.717, 1.165) is 6.42 Å². The molecular formula is C17H17BrN2O3. The lowest BCUT2D eigenvalue weighted by Crippen LogP contribution is -2.17. The quantitative estimate of drug-likeness (QED) is 0.619. The van der Waals surface area contributed by atoms with Gasteiger partial charge < -0.3 is 9.84 Å². The smallest absolute Gasteiger partial charge is 0.271 e. The normalized spacial score (nSPS) is 10.7. The second kappa shape index (κ2) is 7.78. The minimum atomic E-state index is -0.294. The molecule has 0 radical (unpaired) electrons. The van der Waals surface area contributed by atoms with Gasteiger partial charge in [0.1, 0.15) is 0 Å². The van der Waals surface area contributed by atoms with Crippen molar-refractivity contribution in [2.24, 2.45) is 5.10 Å². The third-order valence-electron chi connectivity index (χ3n) is 3.29. The zero-order chi connectivity index (χ0) is 16.8. The number of hydrogen-bond acceptors (Lipinski definition) is 4. The molecule has 0 heterocycles. The number of amides is 1. The van der Waals surface area contributed by atoms with Crippen LogP contribution in [0.25, 0.3) is 0 Å². The molecule has 0 saturated carbocycles. The fourth-order valence-electron chi connectivity index (χ4n) is 1.94. The second-order valence-electron chi connectivity index (χ2n) is 4.80. The van der Waals surface area contributed by atoms with Crippen LogP contribution < -0.4 is 10.2 Å². The highest BCUT2D eigenvalue weighted by Gasteiger charge is 2.07. The molecule has 0 aromatic heterocycles. The van der Waals surface area contributed by atoms with Crippen molar-refractivity contribution >= 4 is 28.1 Å². The summed E-state index contributed by atoms with van der Waals surface area (Å²) in [5.41, 5.74) is 4.78. The minimum Gasteiger partial charge on any atom is -0.504 e. The molecule has 1 amide bonds. The molecule has 6 heteroatoms. The van der Waals surface area contributed by atoms with Gasteiger partial charge in [0.05, 0.1) is 13.3 Å². The highest BCUT2D eigenvalue weighted by molar-refractivity contribution is 9.10. The van der Waals surface area contributed by atoms with Crippen molar-refractivity contribution in [1.29, 1.82) is 0 Å². The number of carbonyl (C=O) groups is 1. The summed E-state index contributed by atoms with van der Waals surface area (Å²) in [5.74, 6) is 0.0606. The minimum absolute atomic E-state index is 0.00127. The molecule has 23 heavy (non-hydrogen) atoms. The first-order valence-corrected chi connectivity index (χ1v) is 7.83. The number of benzene rings is 2. The molecule has 120 valence electrons. The topological polar surface area (TPSA) is 70.9 Å². The van der Waals surface area contributed by atoms with E-state index in [1.54, 1.807) is 18.2 Å². The number of carbonyl (C=O) groups excluding carboxylic acids is 1. The molecule has 5 nitrogen and oxygen atoms in total. The number of ether oxygens (including phenoxy) is 1. The Labute approximate surface area is 143 Å². The molecule has 0 unspecified atom stereocenters. The fraction of sp³-hybridized carbons (Fsp3) is 0.176. The number of halogens is 1. The zero-order valence-corrected chi connectivity index (χ0v) is 14.4. The molecule has 0 spiro atoms. The zero-order valence-electron chi connectivity index (χ0n) is 12.8. The maximum atomic E-state index is 12.0. The van der Waals surface area contributed by atoms with Crippen molar-refractivity contribution in [2.45, 2.75) is 13.3 Å². The number of methoxy groups -OCH3 is 1.